The lowest BCUT2D eigenvalue weighted by molar-refractivity contribution is 0.477. The Balaban J connectivity index is 2.11. The molecule has 0 fully saturated rings. The lowest BCUT2D eigenvalue weighted by Gasteiger charge is -2.08. The summed E-state index contributed by atoms with van der Waals surface area (Å²) >= 11 is 0. The average Bonchev–Trinajstić information content (AvgIpc) is 2.55. The Hall–Kier alpha value is -2.97. The van der Waals surface area contributed by atoms with E-state index in [9.17, 15) is 18.3 Å². The Kier molecular flexibility index (Phi) is 3.92. The molecule has 122 valence electrons. The predicted octanol–water partition coefficient (Wildman–Crippen LogP) is 1.25. The van der Waals surface area contributed by atoms with E-state index in [-0.39, 0.29) is 10.6 Å². The van der Waals surface area contributed by atoms with Crippen LogP contribution in [0.5, 0.6) is 5.75 Å². The lowest BCUT2D eigenvalue weighted by Crippen LogP contribution is -2.20. The third kappa shape index (κ3) is 3.05. The molecule has 0 amide bonds. The predicted molar refractivity (Wildman–Crippen MR) is 88.3 cm³/mol. The maximum absolute atomic E-state index is 12.1. The highest BCUT2D eigenvalue weighted by Crippen LogP contribution is 2.26. The molecular weight excluding hydrogens is 330 g/mol. The summed E-state index contributed by atoms with van der Waals surface area (Å²) in [6.07, 6.45) is 0. The van der Waals surface area contributed by atoms with Gasteiger partial charge >= 0.3 is 0 Å². The van der Waals surface area contributed by atoms with Crippen molar-refractivity contribution >= 4 is 10.0 Å². The molecule has 0 saturated carbocycles. The molecule has 2 aromatic carbocycles. The third-order valence-corrected chi connectivity index (χ3v) is 4.32. The van der Waals surface area contributed by atoms with Gasteiger partial charge in [-0.2, -0.15) is 9.78 Å². The Morgan fingerprint density at radius 1 is 0.958 bits per heavy atom. The number of rotatable bonds is 3. The molecule has 0 saturated heterocycles. The molecule has 1 heterocycles. The van der Waals surface area contributed by atoms with E-state index in [4.69, 9.17) is 5.14 Å². The smallest absolute Gasteiger partial charge is 0.271 e. The summed E-state index contributed by atoms with van der Waals surface area (Å²) in [5.74, 6) is 0.0415. The fourth-order valence-electron chi connectivity index (χ4n) is 2.21. The van der Waals surface area contributed by atoms with Gasteiger partial charge in [0.1, 0.15) is 5.75 Å². The van der Waals surface area contributed by atoms with Crippen molar-refractivity contribution in [3.63, 3.8) is 0 Å². The Bertz CT molecular complexity index is 1060. The van der Waals surface area contributed by atoms with Crippen LogP contribution in [0.25, 0.3) is 16.9 Å². The summed E-state index contributed by atoms with van der Waals surface area (Å²) in [6.45, 7) is 0. The largest absolute Gasteiger partial charge is 0.507 e. The second-order valence-corrected chi connectivity index (χ2v) is 6.59. The highest BCUT2D eigenvalue weighted by atomic mass is 32.2. The average molecular weight is 343 g/mol. The normalized spacial score (nSPS) is 11.4. The topological polar surface area (TPSA) is 115 Å². The standard InChI is InChI=1S/C16H13N3O4S/c17-24(22,23)12-7-5-11(6-8-12)19-16(21)10-9-14(18-19)13-3-1-2-4-15(13)20/h1-10,20H,(H2,17,22,23). The van der Waals surface area contributed by atoms with Crippen LogP contribution in [0.2, 0.25) is 0 Å². The number of nitrogens with zero attached hydrogens (tertiary/aromatic N) is 2. The molecule has 0 aliphatic rings. The molecule has 7 nitrogen and oxygen atoms in total. The zero-order chi connectivity index (χ0) is 17.3. The van der Waals surface area contributed by atoms with Gasteiger partial charge in [-0.25, -0.2) is 13.6 Å². The number of aromatic nitrogens is 2. The van der Waals surface area contributed by atoms with Gasteiger partial charge in [0.15, 0.2) is 0 Å². The van der Waals surface area contributed by atoms with Gasteiger partial charge in [0.05, 0.1) is 16.3 Å². The Labute approximate surface area is 137 Å². The number of hydrogen-bond donors (Lipinski definition) is 2. The van der Waals surface area contributed by atoms with Crippen LogP contribution in [0.3, 0.4) is 0 Å². The van der Waals surface area contributed by atoms with E-state index in [0.717, 1.165) is 4.68 Å². The minimum absolute atomic E-state index is 0.0415. The quantitative estimate of drug-likeness (QED) is 0.742. The number of benzene rings is 2. The first-order chi connectivity index (χ1) is 11.4. The van der Waals surface area contributed by atoms with Crippen LogP contribution < -0.4 is 10.7 Å². The van der Waals surface area contributed by atoms with Gasteiger partial charge in [0, 0.05) is 11.6 Å². The molecule has 0 bridgehead atoms. The number of hydrogen-bond acceptors (Lipinski definition) is 5. The van der Waals surface area contributed by atoms with E-state index < -0.39 is 15.6 Å². The lowest BCUT2D eigenvalue weighted by atomic mass is 10.1. The van der Waals surface area contributed by atoms with E-state index in [1.807, 2.05) is 0 Å². The van der Waals surface area contributed by atoms with E-state index in [2.05, 4.69) is 5.10 Å². The second-order valence-electron chi connectivity index (χ2n) is 5.02. The minimum Gasteiger partial charge on any atom is -0.507 e. The van der Waals surface area contributed by atoms with Gasteiger partial charge in [-0.05, 0) is 42.5 Å². The molecule has 0 radical (unpaired) electrons. The van der Waals surface area contributed by atoms with Crippen LogP contribution in [0, 0.1) is 0 Å². The molecule has 8 heteroatoms. The highest BCUT2D eigenvalue weighted by Gasteiger charge is 2.11. The highest BCUT2D eigenvalue weighted by molar-refractivity contribution is 7.89. The second kappa shape index (κ2) is 5.91. The summed E-state index contributed by atoms with van der Waals surface area (Å²) in [5.41, 5.74) is 0.873. The maximum atomic E-state index is 12.1. The molecule has 3 aromatic rings. The number of primary sulfonamides is 1. The number of phenols is 1. The van der Waals surface area contributed by atoms with Crippen LogP contribution in [-0.2, 0) is 10.0 Å². The van der Waals surface area contributed by atoms with Crippen LogP contribution in [0.15, 0.2) is 70.4 Å². The van der Waals surface area contributed by atoms with Crippen molar-refractivity contribution < 1.29 is 13.5 Å². The van der Waals surface area contributed by atoms with Crippen LogP contribution in [0.1, 0.15) is 0 Å². The molecule has 3 rings (SSSR count). The van der Waals surface area contributed by atoms with Crippen molar-refractivity contribution in [2.75, 3.05) is 0 Å². The van der Waals surface area contributed by atoms with Crippen molar-refractivity contribution in [1.82, 2.24) is 9.78 Å². The molecule has 1 aromatic heterocycles. The summed E-state index contributed by atoms with van der Waals surface area (Å²) in [4.78, 5) is 12.0. The summed E-state index contributed by atoms with van der Waals surface area (Å²) in [7, 11) is -3.81. The first-order valence-electron chi connectivity index (χ1n) is 6.88. The summed E-state index contributed by atoms with van der Waals surface area (Å²) < 4.78 is 23.7. The monoisotopic (exact) mass is 343 g/mol. The number of nitrogens with two attached hydrogens (primary N) is 1. The summed E-state index contributed by atoms with van der Waals surface area (Å²) in [6, 6.07) is 14.9. The Morgan fingerprint density at radius 3 is 2.25 bits per heavy atom. The van der Waals surface area contributed by atoms with Gasteiger partial charge in [-0.1, -0.05) is 12.1 Å². The van der Waals surface area contributed by atoms with Gasteiger partial charge in [-0.15, -0.1) is 0 Å². The van der Waals surface area contributed by atoms with Crippen LogP contribution in [0.4, 0.5) is 0 Å². The minimum atomic E-state index is -3.81. The fraction of sp³-hybridized carbons (Fsp3) is 0. The molecule has 24 heavy (non-hydrogen) atoms. The summed E-state index contributed by atoms with van der Waals surface area (Å²) in [5, 5.41) is 19.2. The van der Waals surface area contributed by atoms with E-state index in [1.165, 1.54) is 42.5 Å². The number of aromatic hydroxyl groups is 1. The van der Waals surface area contributed by atoms with Crippen molar-refractivity contribution in [3.8, 4) is 22.7 Å². The first kappa shape index (κ1) is 15.9. The van der Waals surface area contributed by atoms with Crippen molar-refractivity contribution in [2.45, 2.75) is 4.90 Å². The molecule has 3 N–H and O–H groups in total. The zero-order valence-corrected chi connectivity index (χ0v) is 13.1. The first-order valence-corrected chi connectivity index (χ1v) is 8.43. The zero-order valence-electron chi connectivity index (χ0n) is 12.3. The number of sulfonamides is 1. The van der Waals surface area contributed by atoms with E-state index >= 15 is 0 Å². The molecule has 0 spiro atoms. The SMILES string of the molecule is NS(=O)(=O)c1ccc(-n2nc(-c3ccccc3O)ccc2=O)cc1. The molecule has 0 aliphatic carbocycles. The molecule has 0 aliphatic heterocycles. The third-order valence-electron chi connectivity index (χ3n) is 3.39. The molecule has 0 unspecified atom stereocenters. The van der Waals surface area contributed by atoms with E-state index in [1.54, 1.807) is 18.2 Å². The van der Waals surface area contributed by atoms with Gasteiger partial charge in [0.25, 0.3) is 5.56 Å². The van der Waals surface area contributed by atoms with Crippen molar-refractivity contribution in [2.24, 2.45) is 5.14 Å². The van der Waals surface area contributed by atoms with Crippen LogP contribution >= 0.6 is 0 Å². The van der Waals surface area contributed by atoms with E-state index in [0.29, 0.717) is 16.9 Å². The van der Waals surface area contributed by atoms with Crippen molar-refractivity contribution in [1.29, 1.82) is 0 Å². The van der Waals surface area contributed by atoms with Crippen LogP contribution in [-0.4, -0.2) is 23.3 Å². The van der Waals surface area contributed by atoms with Gasteiger partial charge < -0.3 is 5.11 Å². The maximum Gasteiger partial charge on any atom is 0.271 e. The van der Waals surface area contributed by atoms with Crippen molar-refractivity contribution in [3.05, 3.63) is 71.0 Å². The number of phenolic OH excluding ortho intramolecular Hbond substituents is 1. The van der Waals surface area contributed by atoms with Gasteiger partial charge in [0.2, 0.25) is 10.0 Å². The fourth-order valence-corrected chi connectivity index (χ4v) is 2.72. The number of para-hydroxylation sites is 1. The molecular formula is C16H13N3O4S. The molecule has 0 atom stereocenters. The van der Waals surface area contributed by atoms with Gasteiger partial charge in [-0.3, -0.25) is 4.79 Å². The Morgan fingerprint density at radius 2 is 1.62 bits per heavy atom.